The van der Waals surface area contributed by atoms with Crippen molar-refractivity contribution in [2.45, 2.75) is 38.1 Å². The first kappa shape index (κ1) is 24.7. The first-order valence-electron chi connectivity index (χ1n) is 12.2. The number of nitrogens with one attached hydrogen (secondary N) is 2. The minimum Gasteiger partial charge on any atom is -0.481 e. The summed E-state index contributed by atoms with van der Waals surface area (Å²) in [5, 5.41) is 14.8. The molecule has 1 heterocycles. The Hall–Kier alpha value is -3.39. The Morgan fingerprint density at radius 1 is 1.09 bits per heavy atom. The van der Waals surface area contributed by atoms with Crippen molar-refractivity contribution in [3.8, 4) is 11.1 Å². The summed E-state index contributed by atoms with van der Waals surface area (Å²) in [4.78, 5) is 36.3. The molecule has 8 heteroatoms. The highest BCUT2D eigenvalue weighted by Gasteiger charge is 2.32. The summed E-state index contributed by atoms with van der Waals surface area (Å²) in [6, 6.07) is 16.1. The zero-order chi connectivity index (χ0) is 24.8. The van der Waals surface area contributed by atoms with Gasteiger partial charge in [-0.15, -0.1) is 0 Å². The molecular formula is C27H32N2O6. The van der Waals surface area contributed by atoms with Crippen LogP contribution < -0.4 is 10.6 Å². The van der Waals surface area contributed by atoms with Crippen molar-refractivity contribution in [2.24, 2.45) is 11.8 Å². The second-order valence-electron chi connectivity index (χ2n) is 9.15. The minimum atomic E-state index is -0.927. The van der Waals surface area contributed by atoms with Crippen molar-refractivity contribution in [3.63, 3.8) is 0 Å². The van der Waals surface area contributed by atoms with E-state index in [-0.39, 0.29) is 43.4 Å². The van der Waals surface area contributed by atoms with Gasteiger partial charge in [-0.1, -0.05) is 55.5 Å². The molecule has 186 valence electrons. The fourth-order valence-electron chi connectivity index (χ4n) is 4.93. The maximum absolute atomic E-state index is 12.7. The van der Waals surface area contributed by atoms with Gasteiger partial charge in [-0.25, -0.2) is 4.79 Å². The summed E-state index contributed by atoms with van der Waals surface area (Å²) in [7, 11) is 0. The third kappa shape index (κ3) is 5.82. The number of hydrogen-bond donors (Lipinski definition) is 3. The fourth-order valence-corrected chi connectivity index (χ4v) is 4.93. The maximum Gasteiger partial charge on any atom is 0.407 e. The monoisotopic (exact) mass is 480 g/mol. The largest absolute Gasteiger partial charge is 0.481 e. The van der Waals surface area contributed by atoms with Gasteiger partial charge in [0.05, 0.1) is 12.5 Å². The average Bonchev–Trinajstić information content (AvgIpc) is 3.18. The van der Waals surface area contributed by atoms with Crippen molar-refractivity contribution in [3.05, 3.63) is 59.7 Å². The van der Waals surface area contributed by atoms with Gasteiger partial charge in [-0.3, -0.25) is 9.59 Å². The molecule has 1 aliphatic carbocycles. The molecule has 8 nitrogen and oxygen atoms in total. The number of fused-ring (bicyclic) bond motifs is 3. The van der Waals surface area contributed by atoms with E-state index < -0.39 is 18.0 Å². The van der Waals surface area contributed by atoms with Crippen molar-refractivity contribution in [1.82, 2.24) is 10.6 Å². The van der Waals surface area contributed by atoms with Gasteiger partial charge < -0.3 is 25.2 Å². The van der Waals surface area contributed by atoms with Gasteiger partial charge in [-0.05, 0) is 35.1 Å². The molecule has 4 rings (SSSR count). The first-order chi connectivity index (χ1) is 17.0. The molecule has 3 unspecified atom stereocenters. The molecule has 0 radical (unpaired) electrons. The van der Waals surface area contributed by atoms with Gasteiger partial charge in [0.1, 0.15) is 6.61 Å². The lowest BCUT2D eigenvalue weighted by atomic mass is 9.92. The molecule has 2 aromatic rings. The number of rotatable bonds is 9. The number of ether oxygens (including phenoxy) is 2. The van der Waals surface area contributed by atoms with Crippen LogP contribution in [0.5, 0.6) is 0 Å². The summed E-state index contributed by atoms with van der Waals surface area (Å²) in [6.07, 6.45) is 0.647. The van der Waals surface area contributed by atoms with E-state index in [1.807, 2.05) is 24.3 Å². The third-order valence-corrected chi connectivity index (χ3v) is 6.96. The number of hydrogen-bond acceptors (Lipinski definition) is 5. The molecule has 0 saturated carbocycles. The van der Waals surface area contributed by atoms with Crippen LogP contribution in [-0.4, -0.2) is 55.5 Å². The lowest BCUT2D eigenvalue weighted by molar-refractivity contribution is -0.141. The van der Waals surface area contributed by atoms with Crippen molar-refractivity contribution >= 4 is 18.0 Å². The highest BCUT2D eigenvalue weighted by Crippen LogP contribution is 2.44. The summed E-state index contributed by atoms with van der Waals surface area (Å²) in [5.74, 6) is -2.03. The van der Waals surface area contributed by atoms with E-state index in [1.54, 1.807) is 6.92 Å². The fraction of sp³-hybridized carbons (Fsp3) is 0.444. The van der Waals surface area contributed by atoms with Crippen molar-refractivity contribution in [1.29, 1.82) is 0 Å². The molecule has 2 aromatic carbocycles. The zero-order valence-electron chi connectivity index (χ0n) is 19.9. The van der Waals surface area contributed by atoms with Gasteiger partial charge in [0, 0.05) is 37.5 Å². The van der Waals surface area contributed by atoms with Gasteiger partial charge in [0.15, 0.2) is 0 Å². The zero-order valence-corrected chi connectivity index (χ0v) is 19.9. The number of amides is 2. The van der Waals surface area contributed by atoms with Crippen LogP contribution in [0.15, 0.2) is 48.5 Å². The average molecular weight is 481 g/mol. The second-order valence-corrected chi connectivity index (χ2v) is 9.15. The lowest BCUT2D eigenvalue weighted by Crippen LogP contribution is -2.47. The van der Waals surface area contributed by atoms with E-state index in [0.717, 1.165) is 11.1 Å². The van der Waals surface area contributed by atoms with Gasteiger partial charge >= 0.3 is 12.1 Å². The molecule has 35 heavy (non-hydrogen) atoms. The number of carboxylic acids is 1. The normalized spacial score (nSPS) is 19.8. The second kappa shape index (κ2) is 11.4. The molecule has 1 aliphatic heterocycles. The van der Waals surface area contributed by atoms with Gasteiger partial charge in [0.25, 0.3) is 0 Å². The van der Waals surface area contributed by atoms with E-state index in [4.69, 9.17) is 14.6 Å². The highest BCUT2D eigenvalue weighted by molar-refractivity contribution is 5.79. The molecule has 3 N–H and O–H groups in total. The molecule has 1 saturated heterocycles. The molecule has 3 atom stereocenters. The lowest BCUT2D eigenvalue weighted by Gasteiger charge is -2.31. The number of carbonyl (C=O) groups is 3. The molecule has 0 bridgehead atoms. The van der Waals surface area contributed by atoms with E-state index in [0.29, 0.717) is 26.1 Å². The number of carbonyl (C=O) groups excluding carboxylic acids is 2. The smallest absolute Gasteiger partial charge is 0.407 e. The Bertz CT molecular complexity index is 1030. The van der Waals surface area contributed by atoms with Crippen LogP contribution in [0.1, 0.15) is 43.2 Å². The summed E-state index contributed by atoms with van der Waals surface area (Å²) >= 11 is 0. The number of benzene rings is 2. The van der Waals surface area contributed by atoms with Crippen LogP contribution in [0.25, 0.3) is 11.1 Å². The molecule has 2 aliphatic rings. The Morgan fingerprint density at radius 2 is 1.74 bits per heavy atom. The summed E-state index contributed by atoms with van der Waals surface area (Å²) in [5.41, 5.74) is 4.63. The summed E-state index contributed by atoms with van der Waals surface area (Å²) in [6.45, 7) is 2.92. The van der Waals surface area contributed by atoms with Crippen LogP contribution in [0.2, 0.25) is 0 Å². The molecular weight excluding hydrogens is 448 g/mol. The molecule has 1 fully saturated rings. The van der Waals surface area contributed by atoms with E-state index in [9.17, 15) is 14.4 Å². The van der Waals surface area contributed by atoms with Crippen LogP contribution >= 0.6 is 0 Å². The van der Waals surface area contributed by atoms with Gasteiger partial charge in [-0.2, -0.15) is 0 Å². The predicted octanol–water partition coefficient (Wildman–Crippen LogP) is 3.55. The van der Waals surface area contributed by atoms with Gasteiger partial charge in [0.2, 0.25) is 5.91 Å². The predicted molar refractivity (Wildman–Crippen MR) is 130 cm³/mol. The standard InChI is InChI=1S/C27H32N2O6/c1-2-17(26(31)32)14-28-25(30)13-18-15-34-12-11-24(18)29-27(33)35-16-23-21-9-5-3-7-19(21)20-8-4-6-10-22(20)23/h3-10,17-18,23-24H,2,11-16H2,1H3,(H,28,30)(H,29,33)(H,31,32). The number of carboxylic acid groups (broad SMARTS) is 1. The summed E-state index contributed by atoms with van der Waals surface area (Å²) < 4.78 is 11.2. The topological polar surface area (TPSA) is 114 Å². The van der Waals surface area contributed by atoms with Crippen LogP contribution in [0.3, 0.4) is 0 Å². The van der Waals surface area contributed by atoms with Crippen LogP contribution in [0, 0.1) is 11.8 Å². The Labute approximate surface area is 205 Å². The van der Waals surface area contributed by atoms with E-state index in [1.165, 1.54) is 11.1 Å². The van der Waals surface area contributed by atoms with E-state index >= 15 is 0 Å². The minimum absolute atomic E-state index is 0.0230. The van der Waals surface area contributed by atoms with Crippen LogP contribution in [0.4, 0.5) is 4.79 Å². The SMILES string of the molecule is CCC(CNC(=O)CC1COCCC1NC(=O)OCC1c2ccccc2-c2ccccc21)C(=O)O. The Morgan fingerprint density at radius 3 is 2.37 bits per heavy atom. The van der Waals surface area contributed by atoms with E-state index in [2.05, 4.69) is 34.9 Å². The third-order valence-electron chi connectivity index (χ3n) is 6.96. The Kier molecular flexibility index (Phi) is 8.02. The number of alkyl carbamates (subject to hydrolysis) is 1. The Balaban J connectivity index is 1.32. The highest BCUT2D eigenvalue weighted by atomic mass is 16.5. The number of aliphatic carboxylic acids is 1. The van der Waals surface area contributed by atoms with Crippen LogP contribution in [-0.2, 0) is 19.1 Å². The quantitative estimate of drug-likeness (QED) is 0.506. The molecule has 0 spiro atoms. The van der Waals surface area contributed by atoms with Crippen molar-refractivity contribution < 1.29 is 29.0 Å². The molecule has 2 amide bonds. The first-order valence-corrected chi connectivity index (χ1v) is 12.2. The maximum atomic E-state index is 12.7. The molecule has 0 aromatic heterocycles. The van der Waals surface area contributed by atoms with Crippen molar-refractivity contribution in [2.75, 3.05) is 26.4 Å².